The molecule has 0 saturated heterocycles. The first kappa shape index (κ1) is 28.6. The summed E-state index contributed by atoms with van der Waals surface area (Å²) in [6.45, 7) is 11.0. The first-order valence-electron chi connectivity index (χ1n) is 12.8. The highest BCUT2D eigenvalue weighted by Gasteiger charge is 2.37. The number of alkyl carbamates (subject to hydrolysis) is 1. The van der Waals surface area contributed by atoms with E-state index in [1.165, 1.54) is 7.11 Å². The van der Waals surface area contributed by atoms with E-state index >= 15 is 0 Å². The predicted octanol–water partition coefficient (Wildman–Crippen LogP) is 5.27. The third-order valence-corrected chi connectivity index (χ3v) is 6.26. The van der Waals surface area contributed by atoms with Crippen LogP contribution in [-0.2, 0) is 20.8 Å². The molecular weight excluding hydrogens is 486 g/mol. The van der Waals surface area contributed by atoms with Gasteiger partial charge in [0.15, 0.2) is 0 Å². The Kier molecular flexibility index (Phi) is 10.6. The number of para-hydroxylation sites is 1. The molecule has 0 aromatic heterocycles. The Morgan fingerprint density at radius 2 is 1.55 bits per heavy atom. The zero-order valence-corrected chi connectivity index (χ0v) is 22.7. The number of likely N-dealkylation sites (N-methyl/N-ethyl adjacent to an activating group) is 1. The number of allylic oxidation sites excluding steroid dienone is 2. The monoisotopic (exact) mass is 523 g/mol. The van der Waals surface area contributed by atoms with Crippen LogP contribution in [0.5, 0.6) is 5.75 Å². The number of methoxy groups -OCH3 is 1. The molecule has 1 unspecified atom stereocenters. The summed E-state index contributed by atoms with van der Waals surface area (Å²) in [5, 5.41) is 5.97. The molecule has 0 radical (unpaired) electrons. The van der Waals surface area contributed by atoms with Crippen molar-refractivity contribution in [3.63, 3.8) is 0 Å². The Balaban J connectivity index is 1.92. The van der Waals surface area contributed by atoms with E-state index in [2.05, 4.69) is 29.4 Å². The molecular formula is C29H37N3O6. The zero-order chi connectivity index (χ0) is 27.5. The molecule has 0 aliphatic carbocycles. The minimum Gasteiger partial charge on any atom is -0.489 e. The topological polar surface area (TPSA) is 98.4 Å². The third kappa shape index (κ3) is 7.52. The first-order chi connectivity index (χ1) is 18.4. The van der Waals surface area contributed by atoms with Crippen molar-refractivity contribution in [1.29, 1.82) is 0 Å². The number of carbonyl (C=O) groups is 2. The van der Waals surface area contributed by atoms with Gasteiger partial charge < -0.3 is 34.5 Å². The smallest absolute Gasteiger partial charge is 0.489 e. The van der Waals surface area contributed by atoms with Gasteiger partial charge in [-0.1, -0.05) is 62.4 Å². The number of rotatable bonds is 11. The summed E-state index contributed by atoms with van der Waals surface area (Å²) < 4.78 is 22.4. The van der Waals surface area contributed by atoms with Crippen molar-refractivity contribution >= 4 is 12.2 Å². The van der Waals surface area contributed by atoms with E-state index in [4.69, 9.17) is 18.9 Å². The summed E-state index contributed by atoms with van der Waals surface area (Å²) in [5.74, 6) is 0.378. The van der Waals surface area contributed by atoms with Gasteiger partial charge in [-0.2, -0.15) is 0 Å². The molecule has 2 N–H and O–H groups in total. The Morgan fingerprint density at radius 3 is 2.21 bits per heavy atom. The molecule has 38 heavy (non-hydrogen) atoms. The number of amides is 1. The average Bonchev–Trinajstić information content (AvgIpc) is 2.93. The van der Waals surface area contributed by atoms with Gasteiger partial charge in [0.05, 0.1) is 18.5 Å². The second kappa shape index (κ2) is 14.1. The first-order valence-corrected chi connectivity index (χ1v) is 12.8. The minimum atomic E-state index is -0.878. The molecule has 1 aliphatic rings. The van der Waals surface area contributed by atoms with E-state index in [0.717, 1.165) is 18.7 Å². The fourth-order valence-electron chi connectivity index (χ4n) is 4.22. The molecule has 2 aromatic rings. The summed E-state index contributed by atoms with van der Waals surface area (Å²) >= 11 is 0. The van der Waals surface area contributed by atoms with Gasteiger partial charge in [-0.25, -0.2) is 9.59 Å². The van der Waals surface area contributed by atoms with Crippen molar-refractivity contribution in [1.82, 2.24) is 15.5 Å². The highest BCUT2D eigenvalue weighted by atomic mass is 16.7. The van der Waals surface area contributed by atoms with E-state index in [1.807, 2.05) is 54.6 Å². The van der Waals surface area contributed by atoms with Gasteiger partial charge in [-0.3, -0.25) is 0 Å². The van der Waals surface area contributed by atoms with Crippen LogP contribution in [0.15, 0.2) is 77.5 Å². The van der Waals surface area contributed by atoms with Crippen molar-refractivity contribution in [3.8, 4) is 5.75 Å². The van der Waals surface area contributed by atoms with Crippen molar-refractivity contribution in [2.75, 3.05) is 33.3 Å². The molecule has 0 saturated carbocycles. The van der Waals surface area contributed by atoms with Gasteiger partial charge >= 0.3 is 12.2 Å². The fourth-order valence-corrected chi connectivity index (χ4v) is 4.22. The second-order valence-corrected chi connectivity index (χ2v) is 8.75. The summed E-state index contributed by atoms with van der Waals surface area (Å²) in [5.41, 5.74) is 2.88. The van der Waals surface area contributed by atoms with Crippen LogP contribution in [0.4, 0.5) is 9.59 Å². The van der Waals surface area contributed by atoms with Gasteiger partial charge in [0.1, 0.15) is 29.8 Å². The normalized spacial score (nSPS) is 15.2. The summed E-state index contributed by atoms with van der Waals surface area (Å²) in [6, 6.07) is 17.2. The van der Waals surface area contributed by atoms with E-state index in [1.54, 1.807) is 13.8 Å². The molecule has 204 valence electrons. The maximum atomic E-state index is 12.9. The van der Waals surface area contributed by atoms with Crippen LogP contribution in [0.25, 0.3) is 0 Å². The zero-order valence-electron chi connectivity index (χ0n) is 22.7. The van der Waals surface area contributed by atoms with Crippen molar-refractivity contribution < 1.29 is 28.5 Å². The molecule has 0 bridgehead atoms. The van der Waals surface area contributed by atoms with Gasteiger partial charge in [-0.05, 0) is 38.6 Å². The van der Waals surface area contributed by atoms with Crippen molar-refractivity contribution in [3.05, 3.63) is 88.6 Å². The Morgan fingerprint density at radius 1 is 0.921 bits per heavy atom. The molecule has 0 spiro atoms. The maximum Gasteiger partial charge on any atom is 0.513 e. The van der Waals surface area contributed by atoms with Crippen LogP contribution in [0.2, 0.25) is 0 Å². The van der Waals surface area contributed by atoms with E-state index < -0.39 is 18.2 Å². The molecule has 1 atom stereocenters. The Bertz CT molecular complexity index is 1160. The highest BCUT2D eigenvalue weighted by Crippen LogP contribution is 2.43. The third-order valence-electron chi connectivity index (χ3n) is 6.26. The Hall–Kier alpha value is -3.98. The Labute approximate surface area is 224 Å². The summed E-state index contributed by atoms with van der Waals surface area (Å²) in [7, 11) is 1.24. The van der Waals surface area contributed by atoms with Gasteiger partial charge in [0.25, 0.3) is 0 Å². The lowest BCUT2D eigenvalue weighted by molar-refractivity contribution is 0.0886. The lowest BCUT2D eigenvalue weighted by atomic mass is 9.90. The number of ether oxygens (including phenoxy) is 4. The lowest BCUT2D eigenvalue weighted by Gasteiger charge is -2.31. The van der Waals surface area contributed by atoms with Crippen LogP contribution < -0.4 is 15.4 Å². The summed E-state index contributed by atoms with van der Waals surface area (Å²) in [6.07, 6.45) is -1.48. The van der Waals surface area contributed by atoms with E-state index in [9.17, 15) is 9.59 Å². The molecule has 1 heterocycles. The molecule has 1 aliphatic heterocycles. The maximum absolute atomic E-state index is 12.9. The number of hydrogen-bond acceptors (Lipinski definition) is 8. The standard InChI is InChI=1S/C29H37N3O6/c1-6-32(7-2)18-17-30-28(33)37-26-20(3)31-21(4)27(38-29(34)35-5)25(26)23-15-11-12-16-24(23)36-19-22-13-9-8-10-14-22/h8-16,25,31H,6-7,17-19H2,1-5H3,(H,30,33). The number of dihydropyridines is 1. The number of nitrogens with zero attached hydrogens (tertiary/aromatic N) is 1. The van der Waals surface area contributed by atoms with Crippen LogP contribution in [0, 0.1) is 0 Å². The minimum absolute atomic E-state index is 0.254. The van der Waals surface area contributed by atoms with Gasteiger partial charge in [0.2, 0.25) is 0 Å². The van der Waals surface area contributed by atoms with Crippen LogP contribution >= 0.6 is 0 Å². The van der Waals surface area contributed by atoms with Crippen molar-refractivity contribution in [2.45, 2.75) is 40.2 Å². The van der Waals surface area contributed by atoms with Crippen LogP contribution in [0.3, 0.4) is 0 Å². The number of carbonyl (C=O) groups excluding carboxylic acids is 2. The SMILES string of the molecule is CCN(CC)CCNC(=O)OC1=C(C)NC(C)=C(OC(=O)OC)C1c1ccccc1OCc1ccccc1. The molecule has 2 aromatic carbocycles. The number of hydrogen-bond donors (Lipinski definition) is 2. The molecule has 9 heteroatoms. The fraction of sp³-hybridized carbons (Fsp3) is 0.379. The number of nitrogens with one attached hydrogen (secondary N) is 2. The molecule has 9 nitrogen and oxygen atoms in total. The van der Waals surface area contributed by atoms with E-state index in [0.29, 0.717) is 48.2 Å². The average molecular weight is 524 g/mol. The molecule has 1 amide bonds. The quantitative estimate of drug-likeness (QED) is 0.385. The summed E-state index contributed by atoms with van der Waals surface area (Å²) in [4.78, 5) is 27.3. The van der Waals surface area contributed by atoms with E-state index in [-0.39, 0.29) is 5.76 Å². The van der Waals surface area contributed by atoms with Crippen LogP contribution in [-0.4, -0.2) is 50.4 Å². The van der Waals surface area contributed by atoms with Gasteiger partial charge in [0, 0.05) is 18.7 Å². The van der Waals surface area contributed by atoms with Crippen LogP contribution in [0.1, 0.15) is 44.7 Å². The number of benzene rings is 2. The highest BCUT2D eigenvalue weighted by molar-refractivity contribution is 5.70. The molecule has 3 rings (SSSR count). The van der Waals surface area contributed by atoms with Gasteiger partial charge in [-0.15, -0.1) is 0 Å². The lowest BCUT2D eigenvalue weighted by Crippen LogP contribution is -2.36. The largest absolute Gasteiger partial charge is 0.513 e. The van der Waals surface area contributed by atoms with Crippen molar-refractivity contribution in [2.24, 2.45) is 0 Å². The predicted molar refractivity (Wildman–Crippen MR) is 144 cm³/mol. The second-order valence-electron chi connectivity index (χ2n) is 8.75. The molecule has 0 fully saturated rings.